The van der Waals surface area contributed by atoms with Gasteiger partial charge in [-0.15, -0.1) is 0 Å². The third kappa shape index (κ3) is 5.29. The number of halogens is 3. The van der Waals surface area contributed by atoms with Crippen LogP contribution in [0.5, 0.6) is 5.75 Å². The number of rotatable bonds is 8. The van der Waals surface area contributed by atoms with Gasteiger partial charge in [0.15, 0.2) is 6.61 Å². The largest absolute Gasteiger partial charge is 0.483 e. The Hall–Kier alpha value is -2.09. The highest BCUT2D eigenvalue weighted by molar-refractivity contribution is 5.91. The fourth-order valence-electron chi connectivity index (χ4n) is 3.59. The number of aryl methyl sites for hydroxylation is 3. The second-order valence-electron chi connectivity index (χ2n) is 7.69. The van der Waals surface area contributed by atoms with Gasteiger partial charge in [-0.05, 0) is 44.7 Å². The molecule has 1 amide bonds. The van der Waals surface area contributed by atoms with Gasteiger partial charge in [0, 0.05) is 12.1 Å². The summed E-state index contributed by atoms with van der Waals surface area (Å²) in [6.45, 7) is 6.91. The van der Waals surface area contributed by atoms with Gasteiger partial charge in [-0.3, -0.25) is 4.79 Å². The Balaban J connectivity index is 2.14. The first-order valence-electron chi connectivity index (χ1n) is 9.88. The molecule has 0 bridgehead atoms. The van der Waals surface area contributed by atoms with Crippen LogP contribution in [0.1, 0.15) is 62.1 Å². The molecule has 0 unspecified atom stereocenters. The fourth-order valence-corrected chi connectivity index (χ4v) is 3.59. The van der Waals surface area contributed by atoms with Crippen LogP contribution in [-0.4, -0.2) is 40.2 Å². The van der Waals surface area contributed by atoms with Gasteiger partial charge in [0.1, 0.15) is 5.75 Å². The zero-order valence-electron chi connectivity index (χ0n) is 17.4. The number of carbonyl (C=O) groups excluding carboxylic acids is 1. The second-order valence-corrected chi connectivity index (χ2v) is 7.69. The summed E-state index contributed by atoms with van der Waals surface area (Å²) >= 11 is 0. The molecule has 1 N–H and O–H groups in total. The quantitative estimate of drug-likeness (QED) is 0.622. The van der Waals surface area contributed by atoms with Crippen molar-refractivity contribution in [3.63, 3.8) is 0 Å². The highest BCUT2D eigenvalue weighted by atomic mass is 19.4. The Morgan fingerprint density at radius 3 is 2.38 bits per heavy atom. The second kappa shape index (κ2) is 9.15. The van der Waals surface area contributed by atoms with Crippen LogP contribution in [-0.2, 0) is 4.79 Å². The standard InChI is InChI=1S/C21H29F3N2O3/c1-5-6-7-8-9-17-12-20(28,21(22,23)24)26(25-17)18(27)13-29-19-15(3)10-14(2)11-16(19)4/h10-11,28H,5-9,12-13H2,1-4H3/t20-/m0/s1. The number of nitrogens with zero attached hydrogens (tertiary/aromatic N) is 2. The average Bonchev–Trinajstić information content (AvgIpc) is 2.95. The number of carbonyl (C=O) groups is 1. The Morgan fingerprint density at radius 1 is 1.21 bits per heavy atom. The van der Waals surface area contributed by atoms with E-state index in [0.29, 0.717) is 18.6 Å². The summed E-state index contributed by atoms with van der Waals surface area (Å²) in [5.74, 6) is -0.588. The van der Waals surface area contributed by atoms with E-state index in [0.717, 1.165) is 36.0 Å². The molecule has 0 spiro atoms. The molecule has 0 radical (unpaired) electrons. The number of hydrogen-bond donors (Lipinski definition) is 1. The molecule has 29 heavy (non-hydrogen) atoms. The Morgan fingerprint density at radius 2 is 1.83 bits per heavy atom. The lowest BCUT2D eigenvalue weighted by Gasteiger charge is -2.32. The van der Waals surface area contributed by atoms with Crippen molar-refractivity contribution in [3.05, 3.63) is 28.8 Å². The Labute approximate surface area is 169 Å². The highest BCUT2D eigenvalue weighted by Gasteiger charge is 2.63. The molecule has 0 aromatic heterocycles. The van der Waals surface area contributed by atoms with Gasteiger partial charge < -0.3 is 9.84 Å². The minimum Gasteiger partial charge on any atom is -0.483 e. The third-order valence-corrected chi connectivity index (χ3v) is 5.00. The molecular weight excluding hydrogens is 385 g/mol. The van der Waals surface area contributed by atoms with Crippen molar-refractivity contribution in [1.29, 1.82) is 0 Å². The van der Waals surface area contributed by atoms with E-state index in [1.54, 1.807) is 13.8 Å². The molecule has 2 rings (SSSR count). The van der Waals surface area contributed by atoms with E-state index in [9.17, 15) is 23.1 Å². The molecule has 1 aliphatic rings. The van der Waals surface area contributed by atoms with E-state index in [1.807, 2.05) is 26.0 Å². The molecule has 1 aromatic rings. The Bertz CT molecular complexity index is 754. The lowest BCUT2D eigenvalue weighted by atomic mass is 10.0. The molecule has 0 aliphatic carbocycles. The van der Waals surface area contributed by atoms with Crippen LogP contribution >= 0.6 is 0 Å². The molecule has 5 nitrogen and oxygen atoms in total. The number of ether oxygens (including phenoxy) is 1. The number of unbranched alkanes of at least 4 members (excludes halogenated alkanes) is 3. The lowest BCUT2D eigenvalue weighted by molar-refractivity contribution is -0.302. The van der Waals surface area contributed by atoms with Crippen molar-refractivity contribution in [2.24, 2.45) is 5.10 Å². The van der Waals surface area contributed by atoms with Crippen molar-refractivity contribution >= 4 is 11.6 Å². The van der Waals surface area contributed by atoms with Crippen molar-refractivity contribution in [1.82, 2.24) is 5.01 Å². The van der Waals surface area contributed by atoms with Crippen molar-refractivity contribution in [3.8, 4) is 5.75 Å². The van der Waals surface area contributed by atoms with Crippen LogP contribution < -0.4 is 4.74 Å². The molecule has 0 fully saturated rings. The summed E-state index contributed by atoms with van der Waals surface area (Å²) in [4.78, 5) is 12.5. The number of hydrazone groups is 1. The van der Waals surface area contributed by atoms with Crippen LogP contribution in [0.15, 0.2) is 17.2 Å². The summed E-state index contributed by atoms with van der Waals surface area (Å²) in [5.41, 5.74) is -0.574. The Kier molecular flexibility index (Phi) is 7.32. The van der Waals surface area contributed by atoms with Gasteiger partial charge in [-0.2, -0.15) is 23.3 Å². The third-order valence-electron chi connectivity index (χ3n) is 5.00. The molecule has 162 valence electrons. The highest BCUT2D eigenvalue weighted by Crippen LogP contribution is 2.41. The van der Waals surface area contributed by atoms with Crippen molar-refractivity contribution in [2.45, 2.75) is 78.1 Å². The predicted octanol–water partition coefficient (Wildman–Crippen LogP) is 4.80. The number of hydrogen-bond acceptors (Lipinski definition) is 4. The summed E-state index contributed by atoms with van der Waals surface area (Å²) in [7, 11) is 0. The van der Waals surface area contributed by atoms with E-state index in [-0.39, 0.29) is 10.7 Å². The van der Waals surface area contributed by atoms with Crippen LogP contribution in [0, 0.1) is 20.8 Å². The van der Waals surface area contributed by atoms with Crippen molar-refractivity contribution < 1.29 is 27.8 Å². The average molecular weight is 414 g/mol. The first-order chi connectivity index (χ1) is 13.5. The van der Waals surface area contributed by atoms with Gasteiger partial charge in [-0.25, -0.2) is 0 Å². The van der Waals surface area contributed by atoms with Crippen LogP contribution in [0.25, 0.3) is 0 Å². The summed E-state index contributed by atoms with van der Waals surface area (Å²) in [6, 6.07) is 3.72. The fraction of sp³-hybridized carbons (Fsp3) is 0.619. The lowest BCUT2D eigenvalue weighted by Crippen LogP contribution is -2.57. The van der Waals surface area contributed by atoms with Crippen LogP contribution in [0.3, 0.4) is 0 Å². The van der Waals surface area contributed by atoms with E-state index >= 15 is 0 Å². The molecular formula is C21H29F3N2O3. The van der Waals surface area contributed by atoms with Crippen molar-refractivity contribution in [2.75, 3.05) is 6.61 Å². The summed E-state index contributed by atoms with van der Waals surface area (Å²) in [6.07, 6.45) is -1.92. The summed E-state index contributed by atoms with van der Waals surface area (Å²) < 4.78 is 46.2. The maximum atomic E-state index is 13.5. The van der Waals surface area contributed by atoms with E-state index in [2.05, 4.69) is 5.10 Å². The minimum atomic E-state index is -5.02. The van der Waals surface area contributed by atoms with E-state index in [1.165, 1.54) is 0 Å². The molecule has 1 aliphatic heterocycles. The molecule has 0 saturated heterocycles. The first kappa shape index (κ1) is 23.2. The SMILES string of the molecule is CCCCCCC1=NN(C(=O)COc2c(C)cc(C)cc2C)[C@@](O)(C(F)(F)F)C1. The van der Waals surface area contributed by atoms with Gasteiger partial charge in [0.2, 0.25) is 0 Å². The first-order valence-corrected chi connectivity index (χ1v) is 9.88. The number of benzene rings is 1. The molecule has 1 heterocycles. The topological polar surface area (TPSA) is 62.1 Å². The molecule has 0 saturated carbocycles. The van der Waals surface area contributed by atoms with Gasteiger partial charge >= 0.3 is 6.18 Å². The molecule has 1 atom stereocenters. The number of aliphatic hydroxyl groups is 1. The molecule has 8 heteroatoms. The predicted molar refractivity (Wildman–Crippen MR) is 105 cm³/mol. The van der Waals surface area contributed by atoms with E-state index in [4.69, 9.17) is 4.74 Å². The molecule has 1 aromatic carbocycles. The minimum absolute atomic E-state index is 0.154. The number of alkyl halides is 3. The number of amides is 1. The smallest absolute Gasteiger partial charge is 0.438 e. The zero-order chi connectivity index (χ0) is 21.8. The van der Waals surface area contributed by atoms with Gasteiger partial charge in [0.25, 0.3) is 11.6 Å². The maximum absolute atomic E-state index is 13.5. The normalized spacial score (nSPS) is 19.4. The monoisotopic (exact) mass is 414 g/mol. The van der Waals surface area contributed by atoms with E-state index < -0.39 is 30.8 Å². The van der Waals surface area contributed by atoms with Gasteiger partial charge in [0.05, 0.1) is 0 Å². The maximum Gasteiger partial charge on any atom is 0.438 e. The van der Waals surface area contributed by atoms with Crippen LogP contribution in [0.4, 0.5) is 13.2 Å². The summed E-state index contributed by atoms with van der Waals surface area (Å²) in [5, 5.41) is 14.3. The van der Waals surface area contributed by atoms with Crippen LogP contribution in [0.2, 0.25) is 0 Å². The zero-order valence-corrected chi connectivity index (χ0v) is 17.4. The van der Waals surface area contributed by atoms with Gasteiger partial charge in [-0.1, -0.05) is 43.9 Å².